The van der Waals surface area contributed by atoms with E-state index in [1.165, 1.54) is 15.8 Å². The molecule has 0 saturated carbocycles. The van der Waals surface area contributed by atoms with Gasteiger partial charge in [-0.05, 0) is 56.2 Å². The lowest BCUT2D eigenvalue weighted by Crippen LogP contribution is -2.15. The van der Waals surface area contributed by atoms with Gasteiger partial charge in [-0.15, -0.1) is 0 Å². The lowest BCUT2D eigenvalue weighted by Gasteiger charge is -2.03. The Morgan fingerprint density at radius 2 is 2.04 bits per heavy atom. The van der Waals surface area contributed by atoms with Gasteiger partial charge in [0.05, 0.1) is 17.3 Å². The molecule has 3 rings (SSSR count). The second kappa shape index (κ2) is 6.61. The van der Waals surface area contributed by atoms with Gasteiger partial charge in [-0.25, -0.2) is 0 Å². The highest BCUT2D eigenvalue weighted by molar-refractivity contribution is 7.16. The Balaban J connectivity index is 2.15. The first kappa shape index (κ1) is 16.5. The highest BCUT2D eigenvalue weighted by atomic mass is 32.1. The topological polar surface area (TPSA) is 43.6 Å². The number of nitrogens with zero attached hydrogens (tertiary/aromatic N) is 2. The van der Waals surface area contributed by atoms with Crippen LogP contribution < -0.4 is 9.54 Å². The van der Waals surface area contributed by atoms with Crippen molar-refractivity contribution in [1.29, 1.82) is 0 Å². The molecule has 24 heavy (non-hydrogen) atoms. The van der Waals surface area contributed by atoms with Crippen LogP contribution in [0.5, 0.6) is 5.75 Å². The van der Waals surface area contributed by atoms with Crippen LogP contribution in [0, 0.1) is 13.8 Å². The van der Waals surface area contributed by atoms with Crippen LogP contribution in [0.25, 0.3) is 10.2 Å². The molecule has 0 aliphatic rings. The summed E-state index contributed by atoms with van der Waals surface area (Å²) in [6.45, 7) is 7.02. The molecule has 1 amide bonds. The van der Waals surface area contributed by atoms with E-state index in [1.807, 2.05) is 6.07 Å². The summed E-state index contributed by atoms with van der Waals surface area (Å²) in [7, 11) is 1.59. The maximum atomic E-state index is 12.6. The molecule has 0 aliphatic carbocycles. The van der Waals surface area contributed by atoms with Crippen LogP contribution in [0.1, 0.15) is 28.4 Å². The maximum Gasteiger partial charge on any atom is 0.279 e. The summed E-state index contributed by atoms with van der Waals surface area (Å²) >= 11 is 1.56. The molecule has 0 saturated heterocycles. The average molecular weight is 340 g/mol. The van der Waals surface area contributed by atoms with Gasteiger partial charge in [-0.1, -0.05) is 23.5 Å². The Labute approximate surface area is 145 Å². The second-order valence-corrected chi connectivity index (χ2v) is 6.69. The minimum Gasteiger partial charge on any atom is -0.497 e. The summed E-state index contributed by atoms with van der Waals surface area (Å²) in [5.74, 6) is 0.402. The standard InChI is InChI=1S/C19H20N2O2S/c1-5-21-16-10-12(2)9-13(3)17(16)24-19(21)20-18(22)14-7-6-8-15(11-14)23-4/h6-11H,5H2,1-4H3. The number of rotatable bonds is 3. The van der Waals surface area contributed by atoms with Gasteiger partial charge < -0.3 is 9.30 Å². The number of fused-ring (bicyclic) bond motifs is 1. The van der Waals surface area contributed by atoms with E-state index < -0.39 is 0 Å². The average Bonchev–Trinajstić information content (AvgIpc) is 2.92. The third kappa shape index (κ3) is 2.99. The van der Waals surface area contributed by atoms with E-state index in [0.29, 0.717) is 11.3 Å². The number of benzene rings is 2. The van der Waals surface area contributed by atoms with Gasteiger partial charge in [0.15, 0.2) is 4.80 Å². The van der Waals surface area contributed by atoms with Crippen molar-refractivity contribution in [1.82, 2.24) is 4.57 Å². The van der Waals surface area contributed by atoms with Crippen LogP contribution in [0.3, 0.4) is 0 Å². The van der Waals surface area contributed by atoms with E-state index in [4.69, 9.17) is 4.74 Å². The molecule has 2 aromatic carbocycles. The number of methoxy groups -OCH3 is 1. The monoisotopic (exact) mass is 340 g/mol. The summed E-state index contributed by atoms with van der Waals surface area (Å²) in [6, 6.07) is 11.4. The van der Waals surface area contributed by atoms with Crippen molar-refractivity contribution < 1.29 is 9.53 Å². The summed E-state index contributed by atoms with van der Waals surface area (Å²) in [5.41, 5.74) is 4.10. The zero-order valence-corrected chi connectivity index (χ0v) is 15.1. The molecule has 0 unspecified atom stereocenters. The number of ether oxygens (including phenoxy) is 1. The number of hydrogen-bond acceptors (Lipinski definition) is 3. The largest absolute Gasteiger partial charge is 0.497 e. The zero-order chi connectivity index (χ0) is 17.3. The molecule has 1 aromatic heterocycles. The van der Waals surface area contributed by atoms with Crippen LogP contribution in [-0.4, -0.2) is 17.6 Å². The molecule has 124 valence electrons. The first-order chi connectivity index (χ1) is 11.5. The molecular formula is C19H20N2O2S. The van der Waals surface area contributed by atoms with E-state index in [2.05, 4.69) is 42.5 Å². The summed E-state index contributed by atoms with van der Waals surface area (Å²) in [5, 5.41) is 0. The van der Waals surface area contributed by atoms with Gasteiger partial charge in [0.25, 0.3) is 5.91 Å². The van der Waals surface area contributed by atoms with Crippen molar-refractivity contribution >= 4 is 27.5 Å². The number of amides is 1. The van der Waals surface area contributed by atoms with Gasteiger partial charge in [0.1, 0.15) is 5.75 Å². The van der Waals surface area contributed by atoms with Crippen molar-refractivity contribution in [2.75, 3.05) is 7.11 Å². The summed E-state index contributed by atoms with van der Waals surface area (Å²) in [6.07, 6.45) is 0. The van der Waals surface area contributed by atoms with E-state index in [0.717, 1.165) is 16.9 Å². The van der Waals surface area contributed by atoms with Crippen LogP contribution >= 0.6 is 11.3 Å². The van der Waals surface area contributed by atoms with Crippen LogP contribution in [0.15, 0.2) is 41.4 Å². The molecule has 4 nitrogen and oxygen atoms in total. The molecule has 0 N–H and O–H groups in total. The number of aromatic nitrogens is 1. The van der Waals surface area contributed by atoms with Gasteiger partial charge in [0, 0.05) is 12.1 Å². The van der Waals surface area contributed by atoms with Gasteiger partial charge >= 0.3 is 0 Å². The van der Waals surface area contributed by atoms with E-state index in [-0.39, 0.29) is 5.91 Å². The molecule has 0 bridgehead atoms. The fourth-order valence-corrected chi connectivity index (χ4v) is 3.95. The number of carbonyl (C=O) groups is 1. The molecule has 0 spiro atoms. The predicted octanol–water partition coefficient (Wildman–Crippen LogP) is 4.09. The molecular weight excluding hydrogens is 320 g/mol. The van der Waals surface area contributed by atoms with Crippen LogP contribution in [-0.2, 0) is 6.54 Å². The number of aryl methyl sites for hydroxylation is 3. The van der Waals surface area contributed by atoms with Crippen molar-refractivity contribution in [2.45, 2.75) is 27.3 Å². The summed E-state index contributed by atoms with van der Waals surface area (Å²) < 4.78 is 8.46. The Kier molecular flexibility index (Phi) is 4.53. The number of carbonyl (C=O) groups excluding carboxylic acids is 1. The van der Waals surface area contributed by atoms with Gasteiger partial charge in [0.2, 0.25) is 0 Å². The fourth-order valence-electron chi connectivity index (χ4n) is 2.81. The van der Waals surface area contributed by atoms with Crippen molar-refractivity contribution in [3.05, 3.63) is 57.9 Å². The highest BCUT2D eigenvalue weighted by Gasteiger charge is 2.11. The normalized spacial score (nSPS) is 11.9. The number of hydrogen-bond donors (Lipinski definition) is 0. The van der Waals surface area contributed by atoms with Crippen LogP contribution in [0.4, 0.5) is 0 Å². The quantitative estimate of drug-likeness (QED) is 0.721. The maximum absolute atomic E-state index is 12.6. The Morgan fingerprint density at radius 1 is 1.25 bits per heavy atom. The Morgan fingerprint density at radius 3 is 2.75 bits per heavy atom. The number of thiazole rings is 1. The predicted molar refractivity (Wildman–Crippen MR) is 97.9 cm³/mol. The lowest BCUT2D eigenvalue weighted by molar-refractivity contribution is 0.0997. The zero-order valence-electron chi connectivity index (χ0n) is 14.3. The van der Waals surface area contributed by atoms with E-state index >= 15 is 0 Å². The first-order valence-corrected chi connectivity index (χ1v) is 8.69. The lowest BCUT2D eigenvalue weighted by atomic mass is 10.1. The summed E-state index contributed by atoms with van der Waals surface area (Å²) in [4.78, 5) is 17.7. The Hall–Kier alpha value is -2.40. The van der Waals surface area contributed by atoms with E-state index in [9.17, 15) is 4.79 Å². The molecule has 0 radical (unpaired) electrons. The molecule has 3 aromatic rings. The van der Waals surface area contributed by atoms with Crippen LogP contribution in [0.2, 0.25) is 0 Å². The highest BCUT2D eigenvalue weighted by Crippen LogP contribution is 2.23. The smallest absolute Gasteiger partial charge is 0.279 e. The van der Waals surface area contributed by atoms with Crippen molar-refractivity contribution in [3.8, 4) is 5.75 Å². The van der Waals surface area contributed by atoms with E-state index in [1.54, 1.807) is 36.6 Å². The fraction of sp³-hybridized carbons (Fsp3) is 0.263. The minimum absolute atomic E-state index is 0.253. The third-order valence-corrected chi connectivity index (χ3v) is 5.17. The van der Waals surface area contributed by atoms with Crippen molar-refractivity contribution in [3.63, 3.8) is 0 Å². The molecule has 1 heterocycles. The minimum atomic E-state index is -0.253. The third-order valence-electron chi connectivity index (χ3n) is 3.94. The van der Waals surface area contributed by atoms with Crippen molar-refractivity contribution in [2.24, 2.45) is 4.99 Å². The molecule has 0 fully saturated rings. The molecule has 0 aliphatic heterocycles. The van der Waals surface area contributed by atoms with Gasteiger partial charge in [-0.2, -0.15) is 4.99 Å². The van der Waals surface area contributed by atoms with Gasteiger partial charge in [-0.3, -0.25) is 4.79 Å². The molecule has 0 atom stereocenters. The second-order valence-electron chi connectivity index (χ2n) is 5.71. The SMILES string of the molecule is CCn1c(=NC(=O)c2cccc(OC)c2)sc2c(C)cc(C)cc21. The first-order valence-electron chi connectivity index (χ1n) is 7.87. The Bertz CT molecular complexity index is 983. The molecule has 5 heteroatoms.